The van der Waals surface area contributed by atoms with Crippen LogP contribution in [0, 0.1) is 0 Å². The first-order valence-corrected chi connectivity index (χ1v) is 10.3. The minimum absolute atomic E-state index is 0.289. The van der Waals surface area contributed by atoms with E-state index in [1.165, 1.54) is 0 Å². The monoisotopic (exact) mass is 388 g/mol. The molecule has 0 aromatic carbocycles. The lowest BCUT2D eigenvalue weighted by atomic mass is 10.1. The lowest BCUT2D eigenvalue weighted by Gasteiger charge is -2.13. The van der Waals surface area contributed by atoms with Crippen LogP contribution in [0.1, 0.15) is 83.5 Å². The van der Waals surface area contributed by atoms with E-state index in [4.69, 9.17) is 32.4 Å². The summed E-state index contributed by atoms with van der Waals surface area (Å²) in [6, 6.07) is 0. The molecule has 160 valence electrons. The Morgan fingerprint density at radius 2 is 0.963 bits per heavy atom. The first-order valence-electron chi connectivity index (χ1n) is 10.3. The zero-order valence-corrected chi connectivity index (χ0v) is 16.7. The lowest BCUT2D eigenvalue weighted by Crippen LogP contribution is -2.27. The maximum atomic E-state index is 11.7. The number of nitrogens with two attached hydrogens (primary N) is 4. The van der Waals surface area contributed by atoms with Crippen molar-refractivity contribution >= 4 is 11.9 Å². The number of carbonyl (C=O) groups excluding carboxylic acids is 2. The molecule has 0 aliphatic carbocycles. The minimum Gasteiger partial charge on any atom is -0.447 e. The maximum Gasteiger partial charge on any atom is 0.307 e. The standard InChI is InChI=1S/C19H40N4O4/c20-14-8-2-4-10-16(22)26-18(24)12-6-1-7-13-19(25)27-17(23)11-5-3-9-15-21/h16-17H,1-15,20-23H2. The van der Waals surface area contributed by atoms with Gasteiger partial charge in [-0.2, -0.15) is 0 Å². The second-order valence-electron chi connectivity index (χ2n) is 6.89. The minimum atomic E-state index is -0.545. The molecule has 0 saturated carbocycles. The largest absolute Gasteiger partial charge is 0.447 e. The number of rotatable bonds is 18. The predicted octanol–water partition coefficient (Wildman–Crippen LogP) is 1.63. The van der Waals surface area contributed by atoms with Crippen molar-refractivity contribution in [3.63, 3.8) is 0 Å². The van der Waals surface area contributed by atoms with E-state index in [-0.39, 0.29) is 11.9 Å². The van der Waals surface area contributed by atoms with Gasteiger partial charge in [0.15, 0.2) is 12.5 Å². The van der Waals surface area contributed by atoms with Gasteiger partial charge in [-0.1, -0.05) is 19.3 Å². The van der Waals surface area contributed by atoms with E-state index in [1.54, 1.807) is 0 Å². The van der Waals surface area contributed by atoms with Crippen LogP contribution in [-0.4, -0.2) is 37.5 Å². The van der Waals surface area contributed by atoms with Gasteiger partial charge in [0.05, 0.1) is 0 Å². The summed E-state index contributed by atoms with van der Waals surface area (Å²) in [6.07, 6.45) is 8.65. The first-order chi connectivity index (χ1) is 13.0. The van der Waals surface area contributed by atoms with E-state index in [0.29, 0.717) is 51.6 Å². The van der Waals surface area contributed by atoms with E-state index < -0.39 is 12.5 Å². The van der Waals surface area contributed by atoms with E-state index in [0.717, 1.165) is 44.9 Å². The van der Waals surface area contributed by atoms with E-state index >= 15 is 0 Å². The van der Waals surface area contributed by atoms with Gasteiger partial charge in [0, 0.05) is 12.8 Å². The van der Waals surface area contributed by atoms with Crippen LogP contribution in [-0.2, 0) is 19.1 Å². The third kappa shape index (κ3) is 17.9. The summed E-state index contributed by atoms with van der Waals surface area (Å²) in [7, 11) is 0. The van der Waals surface area contributed by atoms with Gasteiger partial charge in [-0.25, -0.2) is 0 Å². The number of carbonyl (C=O) groups is 2. The first kappa shape index (κ1) is 25.8. The van der Waals surface area contributed by atoms with Crippen molar-refractivity contribution < 1.29 is 19.1 Å². The van der Waals surface area contributed by atoms with Gasteiger partial charge in [-0.15, -0.1) is 0 Å². The van der Waals surface area contributed by atoms with Crippen molar-refractivity contribution in [2.24, 2.45) is 22.9 Å². The molecule has 2 atom stereocenters. The van der Waals surface area contributed by atoms with Crippen LogP contribution in [0.4, 0.5) is 0 Å². The van der Waals surface area contributed by atoms with Gasteiger partial charge in [0.1, 0.15) is 0 Å². The van der Waals surface area contributed by atoms with E-state index in [9.17, 15) is 9.59 Å². The number of hydrogen-bond donors (Lipinski definition) is 4. The fraction of sp³-hybridized carbons (Fsp3) is 0.895. The van der Waals surface area contributed by atoms with Crippen LogP contribution in [0.5, 0.6) is 0 Å². The third-order valence-corrected chi connectivity index (χ3v) is 4.21. The van der Waals surface area contributed by atoms with Crippen LogP contribution in [0.15, 0.2) is 0 Å². The average Bonchev–Trinajstić information content (AvgIpc) is 2.62. The molecular weight excluding hydrogens is 348 g/mol. The molecule has 0 saturated heterocycles. The molecule has 0 aromatic rings. The molecule has 0 amide bonds. The van der Waals surface area contributed by atoms with Gasteiger partial charge in [0.2, 0.25) is 0 Å². The highest BCUT2D eigenvalue weighted by atomic mass is 16.6. The molecule has 0 heterocycles. The normalized spacial score (nSPS) is 13.2. The molecule has 27 heavy (non-hydrogen) atoms. The Kier molecular flexibility index (Phi) is 17.3. The second-order valence-corrected chi connectivity index (χ2v) is 6.89. The number of hydrogen-bond acceptors (Lipinski definition) is 8. The summed E-state index contributed by atoms with van der Waals surface area (Å²) in [5, 5.41) is 0. The molecule has 0 bridgehead atoms. The summed E-state index contributed by atoms with van der Waals surface area (Å²) in [4.78, 5) is 23.4. The van der Waals surface area contributed by atoms with Crippen molar-refractivity contribution in [1.29, 1.82) is 0 Å². The maximum absolute atomic E-state index is 11.7. The molecule has 0 spiro atoms. The molecule has 0 aliphatic rings. The molecule has 2 unspecified atom stereocenters. The fourth-order valence-corrected chi connectivity index (χ4v) is 2.62. The third-order valence-electron chi connectivity index (χ3n) is 4.21. The summed E-state index contributed by atoms with van der Waals surface area (Å²) >= 11 is 0. The summed E-state index contributed by atoms with van der Waals surface area (Å²) in [6.45, 7) is 1.34. The van der Waals surface area contributed by atoms with Crippen molar-refractivity contribution in [2.75, 3.05) is 13.1 Å². The predicted molar refractivity (Wildman–Crippen MR) is 106 cm³/mol. The van der Waals surface area contributed by atoms with Crippen molar-refractivity contribution in [1.82, 2.24) is 0 Å². The Balaban J connectivity index is 3.57. The molecule has 0 fully saturated rings. The number of unbranched alkanes of at least 4 members (excludes halogenated alkanes) is 6. The van der Waals surface area contributed by atoms with Gasteiger partial charge in [-0.05, 0) is 64.5 Å². The molecule has 0 aliphatic heterocycles. The number of esters is 2. The van der Waals surface area contributed by atoms with Gasteiger partial charge >= 0.3 is 11.9 Å². The molecule has 0 radical (unpaired) electrons. The summed E-state index contributed by atoms with van der Waals surface area (Å²) < 4.78 is 10.3. The Labute approximate surface area is 163 Å². The van der Waals surface area contributed by atoms with Crippen LogP contribution < -0.4 is 22.9 Å². The van der Waals surface area contributed by atoms with Crippen molar-refractivity contribution in [2.45, 2.75) is 95.9 Å². The topological polar surface area (TPSA) is 157 Å². The van der Waals surface area contributed by atoms with Crippen LogP contribution in [0.2, 0.25) is 0 Å². The quantitative estimate of drug-likeness (QED) is 0.157. The second kappa shape index (κ2) is 18.2. The van der Waals surface area contributed by atoms with Crippen LogP contribution >= 0.6 is 0 Å². The molecule has 0 rings (SSSR count). The molecule has 8 N–H and O–H groups in total. The number of ether oxygens (including phenoxy) is 2. The van der Waals surface area contributed by atoms with Gasteiger partial charge < -0.3 is 20.9 Å². The van der Waals surface area contributed by atoms with Gasteiger partial charge in [0.25, 0.3) is 0 Å². The Morgan fingerprint density at radius 1 is 0.593 bits per heavy atom. The van der Waals surface area contributed by atoms with E-state index in [1.807, 2.05) is 0 Å². The summed E-state index contributed by atoms with van der Waals surface area (Å²) in [5.41, 5.74) is 22.4. The fourth-order valence-electron chi connectivity index (χ4n) is 2.62. The molecule has 8 heteroatoms. The van der Waals surface area contributed by atoms with Gasteiger partial charge in [-0.3, -0.25) is 21.1 Å². The average molecular weight is 389 g/mol. The highest BCUT2D eigenvalue weighted by molar-refractivity contribution is 5.70. The Hall–Kier alpha value is -1.22. The lowest BCUT2D eigenvalue weighted by molar-refractivity contribution is -0.149. The molecule has 8 nitrogen and oxygen atoms in total. The zero-order valence-electron chi connectivity index (χ0n) is 16.7. The highest BCUT2D eigenvalue weighted by Gasteiger charge is 2.11. The molecular formula is C19H40N4O4. The Bertz CT molecular complexity index is 349. The van der Waals surface area contributed by atoms with Crippen LogP contribution in [0.25, 0.3) is 0 Å². The molecule has 0 aromatic heterocycles. The smallest absolute Gasteiger partial charge is 0.307 e. The Morgan fingerprint density at radius 3 is 1.33 bits per heavy atom. The van der Waals surface area contributed by atoms with Crippen molar-refractivity contribution in [3.8, 4) is 0 Å². The SMILES string of the molecule is NCCCCCC(N)OC(=O)CCCCCC(=O)OC(N)CCCCCN. The summed E-state index contributed by atoms with van der Waals surface area (Å²) in [5.74, 6) is -0.577. The van der Waals surface area contributed by atoms with E-state index in [2.05, 4.69) is 0 Å². The van der Waals surface area contributed by atoms with Crippen molar-refractivity contribution in [3.05, 3.63) is 0 Å². The zero-order chi connectivity index (χ0) is 20.3. The van der Waals surface area contributed by atoms with Crippen LogP contribution in [0.3, 0.4) is 0 Å². The highest BCUT2D eigenvalue weighted by Crippen LogP contribution is 2.09.